The van der Waals surface area contributed by atoms with Gasteiger partial charge in [-0.1, -0.05) is 0 Å². The number of methoxy groups -OCH3 is 1. The lowest BCUT2D eigenvalue weighted by atomic mass is 10.1. The molecule has 0 saturated heterocycles. The zero-order valence-electron chi connectivity index (χ0n) is 14.3. The first-order valence-electron chi connectivity index (χ1n) is 7.82. The van der Waals surface area contributed by atoms with Crippen LogP contribution in [-0.2, 0) is 16.6 Å². The van der Waals surface area contributed by atoms with Crippen molar-refractivity contribution in [2.75, 3.05) is 14.2 Å². The highest BCUT2D eigenvalue weighted by Crippen LogP contribution is 2.30. The van der Waals surface area contributed by atoms with E-state index in [0.29, 0.717) is 17.9 Å². The van der Waals surface area contributed by atoms with Gasteiger partial charge in [-0.2, -0.15) is 0 Å². The molecule has 8 heteroatoms. The third kappa shape index (κ3) is 3.33. The van der Waals surface area contributed by atoms with Crippen LogP contribution in [0.4, 0.5) is 4.39 Å². The Balaban J connectivity index is 2.20. The van der Waals surface area contributed by atoms with Gasteiger partial charge in [0.25, 0.3) is 10.0 Å². The maximum absolute atomic E-state index is 14.6. The van der Waals surface area contributed by atoms with E-state index in [2.05, 4.69) is 10.3 Å². The van der Waals surface area contributed by atoms with Crippen LogP contribution in [0.3, 0.4) is 0 Å². The molecule has 0 unspecified atom stereocenters. The van der Waals surface area contributed by atoms with Crippen LogP contribution in [-0.4, -0.2) is 31.5 Å². The van der Waals surface area contributed by atoms with Gasteiger partial charge in [0.1, 0.15) is 16.5 Å². The summed E-state index contributed by atoms with van der Waals surface area (Å²) in [6, 6.07) is 8.95. The maximum atomic E-state index is 14.6. The first kappa shape index (κ1) is 18.1. The fraction of sp³-hybridized carbons (Fsp3) is 0.167. The van der Waals surface area contributed by atoms with Crippen molar-refractivity contribution in [3.8, 4) is 17.0 Å². The van der Waals surface area contributed by atoms with Crippen molar-refractivity contribution in [3.63, 3.8) is 0 Å². The van der Waals surface area contributed by atoms with E-state index in [1.807, 2.05) is 0 Å². The van der Waals surface area contributed by atoms with Crippen molar-refractivity contribution in [2.45, 2.75) is 11.4 Å². The molecule has 0 amide bonds. The molecule has 0 aliphatic heterocycles. The van der Waals surface area contributed by atoms with Crippen molar-refractivity contribution in [2.24, 2.45) is 0 Å². The van der Waals surface area contributed by atoms with E-state index in [4.69, 9.17) is 4.74 Å². The molecule has 2 aromatic heterocycles. The van der Waals surface area contributed by atoms with Crippen LogP contribution >= 0.6 is 0 Å². The van der Waals surface area contributed by atoms with Crippen molar-refractivity contribution < 1.29 is 17.5 Å². The number of ether oxygens (including phenoxy) is 1. The molecule has 0 spiro atoms. The Morgan fingerprint density at radius 3 is 2.69 bits per heavy atom. The molecule has 0 aliphatic carbocycles. The fourth-order valence-corrected chi connectivity index (χ4v) is 3.99. The molecule has 0 radical (unpaired) electrons. The standard InChI is InChI=1S/C18H18FN3O3S/c1-20-10-13-8-18(16-6-5-14(25-2)9-17(16)19)22(12-13)26(23,24)15-4-3-7-21-11-15/h3-9,11-12,20H,10H2,1-2H3. The quantitative estimate of drug-likeness (QED) is 0.717. The molecule has 0 aliphatic rings. The van der Waals surface area contributed by atoms with Gasteiger partial charge in [-0.15, -0.1) is 0 Å². The van der Waals surface area contributed by atoms with Crippen LogP contribution in [0.1, 0.15) is 5.56 Å². The van der Waals surface area contributed by atoms with Gasteiger partial charge in [0.05, 0.1) is 12.8 Å². The Morgan fingerprint density at radius 1 is 1.27 bits per heavy atom. The van der Waals surface area contributed by atoms with E-state index in [-0.39, 0.29) is 16.2 Å². The summed E-state index contributed by atoms with van der Waals surface area (Å²) in [5, 5.41) is 2.97. The van der Waals surface area contributed by atoms with Crippen molar-refractivity contribution in [1.29, 1.82) is 0 Å². The second kappa shape index (κ2) is 7.27. The summed E-state index contributed by atoms with van der Waals surface area (Å²) in [5.41, 5.74) is 1.12. The predicted molar refractivity (Wildman–Crippen MR) is 96.0 cm³/mol. The Bertz CT molecular complexity index is 1020. The Labute approximate surface area is 151 Å². The van der Waals surface area contributed by atoms with Crippen LogP contribution in [0.5, 0.6) is 5.75 Å². The molecule has 0 saturated carbocycles. The molecule has 0 fully saturated rings. The molecule has 136 valence electrons. The van der Waals surface area contributed by atoms with Crippen LogP contribution in [0.15, 0.2) is 59.9 Å². The van der Waals surface area contributed by atoms with E-state index in [9.17, 15) is 12.8 Å². The SMILES string of the molecule is CNCc1cc(-c2ccc(OC)cc2F)n(S(=O)(=O)c2cccnc2)c1. The topological polar surface area (TPSA) is 73.2 Å². The summed E-state index contributed by atoms with van der Waals surface area (Å²) in [4.78, 5) is 3.90. The second-order valence-corrected chi connectivity index (χ2v) is 7.41. The zero-order chi connectivity index (χ0) is 18.7. The average molecular weight is 375 g/mol. The summed E-state index contributed by atoms with van der Waals surface area (Å²) in [6.45, 7) is 0.445. The van der Waals surface area contributed by atoms with Crippen LogP contribution in [0.2, 0.25) is 0 Å². The van der Waals surface area contributed by atoms with Gasteiger partial charge >= 0.3 is 0 Å². The van der Waals surface area contributed by atoms with E-state index in [1.54, 1.807) is 25.2 Å². The monoisotopic (exact) mass is 375 g/mol. The molecule has 1 aromatic carbocycles. The molecular weight excluding hydrogens is 357 g/mol. The molecule has 3 aromatic rings. The van der Waals surface area contributed by atoms with Gasteiger partial charge < -0.3 is 10.1 Å². The number of halogens is 1. The minimum atomic E-state index is -3.92. The molecule has 2 heterocycles. The maximum Gasteiger partial charge on any atom is 0.269 e. The van der Waals surface area contributed by atoms with Crippen LogP contribution in [0.25, 0.3) is 11.3 Å². The van der Waals surface area contributed by atoms with Gasteiger partial charge in [0, 0.05) is 36.8 Å². The van der Waals surface area contributed by atoms with E-state index in [0.717, 1.165) is 3.97 Å². The lowest BCUT2D eigenvalue weighted by Crippen LogP contribution is -2.14. The average Bonchev–Trinajstić information content (AvgIpc) is 3.07. The number of aromatic nitrogens is 2. The highest BCUT2D eigenvalue weighted by molar-refractivity contribution is 7.90. The summed E-state index contributed by atoms with van der Waals surface area (Å²) >= 11 is 0. The summed E-state index contributed by atoms with van der Waals surface area (Å²) in [6.07, 6.45) is 4.24. The highest BCUT2D eigenvalue weighted by Gasteiger charge is 2.23. The molecule has 6 nitrogen and oxygen atoms in total. The number of benzene rings is 1. The lowest BCUT2D eigenvalue weighted by Gasteiger charge is -2.11. The first-order valence-corrected chi connectivity index (χ1v) is 9.26. The Hall–Kier alpha value is -2.71. The largest absolute Gasteiger partial charge is 0.497 e. The minimum Gasteiger partial charge on any atom is -0.497 e. The zero-order valence-corrected chi connectivity index (χ0v) is 15.1. The number of hydrogen-bond donors (Lipinski definition) is 1. The predicted octanol–water partition coefficient (Wildman–Crippen LogP) is 2.65. The number of hydrogen-bond acceptors (Lipinski definition) is 5. The number of nitrogens with zero attached hydrogens (tertiary/aromatic N) is 2. The van der Waals surface area contributed by atoms with E-state index >= 15 is 0 Å². The van der Waals surface area contributed by atoms with Crippen LogP contribution < -0.4 is 10.1 Å². The normalized spacial score (nSPS) is 11.5. The van der Waals surface area contributed by atoms with Gasteiger partial charge in [-0.3, -0.25) is 4.98 Å². The molecule has 3 rings (SSSR count). The third-order valence-corrected chi connectivity index (χ3v) is 5.52. The second-order valence-electron chi connectivity index (χ2n) is 5.60. The molecule has 0 bridgehead atoms. The van der Waals surface area contributed by atoms with Gasteiger partial charge in [0.15, 0.2) is 0 Å². The fourth-order valence-electron chi connectivity index (χ4n) is 2.64. The molecule has 1 N–H and O–H groups in total. The molecule has 26 heavy (non-hydrogen) atoms. The highest BCUT2D eigenvalue weighted by atomic mass is 32.2. The van der Waals surface area contributed by atoms with E-state index in [1.165, 1.54) is 43.9 Å². The summed E-state index contributed by atoms with van der Waals surface area (Å²) < 4.78 is 46.7. The summed E-state index contributed by atoms with van der Waals surface area (Å²) in [5.74, 6) is -0.212. The smallest absolute Gasteiger partial charge is 0.269 e. The number of pyridine rings is 1. The lowest BCUT2D eigenvalue weighted by molar-refractivity contribution is 0.411. The van der Waals surface area contributed by atoms with Crippen LogP contribution in [0, 0.1) is 5.82 Å². The van der Waals surface area contributed by atoms with Gasteiger partial charge in [-0.25, -0.2) is 16.8 Å². The first-order chi connectivity index (χ1) is 12.5. The van der Waals surface area contributed by atoms with E-state index < -0.39 is 15.8 Å². The Morgan fingerprint density at radius 2 is 2.08 bits per heavy atom. The minimum absolute atomic E-state index is 0.0294. The number of rotatable bonds is 6. The van der Waals surface area contributed by atoms with Crippen molar-refractivity contribution in [3.05, 3.63) is 66.4 Å². The van der Waals surface area contributed by atoms with Crippen molar-refractivity contribution >= 4 is 10.0 Å². The Kier molecular flexibility index (Phi) is 5.06. The molecule has 0 atom stereocenters. The molecular formula is C18H18FN3O3S. The summed E-state index contributed by atoms with van der Waals surface area (Å²) in [7, 11) is -0.729. The third-order valence-electron chi connectivity index (χ3n) is 3.87. The van der Waals surface area contributed by atoms with Gasteiger partial charge in [-0.05, 0) is 42.9 Å². The van der Waals surface area contributed by atoms with Crippen molar-refractivity contribution in [1.82, 2.24) is 14.3 Å². The van der Waals surface area contributed by atoms with Gasteiger partial charge in [0.2, 0.25) is 0 Å². The number of nitrogens with one attached hydrogen (secondary N) is 1.